The molecule has 1 atom stereocenters. The molecule has 6 heteroatoms. The van der Waals surface area contributed by atoms with E-state index in [1.807, 2.05) is 13.0 Å². The maximum absolute atomic E-state index is 13.3. The molecule has 0 radical (unpaired) electrons. The van der Waals surface area contributed by atoms with Gasteiger partial charge in [0, 0.05) is 59.6 Å². The normalized spacial score (nSPS) is 17.4. The summed E-state index contributed by atoms with van der Waals surface area (Å²) in [6.45, 7) is 11.5. The van der Waals surface area contributed by atoms with Gasteiger partial charge in [0.15, 0.2) is 0 Å². The number of carbonyl (C=O) groups is 1. The zero-order valence-corrected chi connectivity index (χ0v) is 20.6. The predicted molar refractivity (Wildman–Crippen MR) is 137 cm³/mol. The molecule has 6 rings (SSSR count). The van der Waals surface area contributed by atoms with Gasteiger partial charge in [-0.05, 0) is 52.0 Å². The van der Waals surface area contributed by atoms with Crippen LogP contribution < -0.4 is 9.64 Å². The number of hydrogen-bond donors (Lipinski definition) is 0. The highest BCUT2D eigenvalue weighted by molar-refractivity contribution is 6.04. The monoisotopic (exact) mass is 467 g/mol. The fourth-order valence-corrected chi connectivity index (χ4v) is 6.02. The van der Waals surface area contributed by atoms with E-state index in [0.29, 0.717) is 17.9 Å². The van der Waals surface area contributed by atoms with Crippen LogP contribution in [0.1, 0.15) is 54.9 Å². The second kappa shape index (κ2) is 7.87. The molecule has 1 unspecified atom stereocenters. The Kier molecular flexibility index (Phi) is 4.88. The molecule has 3 heterocycles. The topological polar surface area (TPSA) is 56.6 Å². The summed E-state index contributed by atoms with van der Waals surface area (Å²) in [4.78, 5) is 20.4. The summed E-state index contributed by atoms with van der Waals surface area (Å²) in [5, 5.41) is 1.07. The molecule has 1 aliphatic carbocycles. The lowest BCUT2D eigenvalue weighted by atomic mass is 9.85. The van der Waals surface area contributed by atoms with Crippen molar-refractivity contribution < 1.29 is 14.3 Å². The number of ether oxygens (including phenoxy) is 2. The molecule has 35 heavy (non-hydrogen) atoms. The van der Waals surface area contributed by atoms with Crippen LogP contribution in [0.4, 0.5) is 5.69 Å². The summed E-state index contributed by atoms with van der Waals surface area (Å²) in [6, 6.07) is 16.3. The number of para-hydroxylation sites is 1. The molecule has 0 saturated heterocycles. The van der Waals surface area contributed by atoms with Gasteiger partial charge in [-0.3, -0.25) is 4.98 Å². The number of aromatic nitrogens is 2. The van der Waals surface area contributed by atoms with Crippen LogP contribution in [0.3, 0.4) is 0 Å². The van der Waals surface area contributed by atoms with Gasteiger partial charge in [-0.15, -0.1) is 0 Å². The Morgan fingerprint density at radius 2 is 1.80 bits per heavy atom. The van der Waals surface area contributed by atoms with Gasteiger partial charge in [-0.2, -0.15) is 0 Å². The van der Waals surface area contributed by atoms with Crippen molar-refractivity contribution in [2.24, 2.45) is 0 Å². The van der Waals surface area contributed by atoms with Crippen LogP contribution in [0.15, 0.2) is 54.7 Å². The third kappa shape index (κ3) is 2.71. The van der Waals surface area contributed by atoms with Crippen molar-refractivity contribution in [1.82, 2.24) is 9.55 Å². The number of nitrogens with zero attached hydrogens (tertiary/aromatic N) is 3. The third-order valence-corrected chi connectivity index (χ3v) is 7.37. The molecule has 0 saturated carbocycles. The molecular weight excluding hydrogens is 438 g/mol. The van der Waals surface area contributed by atoms with Crippen LogP contribution in [0.25, 0.3) is 22.2 Å². The van der Waals surface area contributed by atoms with E-state index in [2.05, 4.69) is 60.6 Å². The van der Waals surface area contributed by atoms with E-state index in [0.717, 1.165) is 64.4 Å². The fraction of sp³-hybridized carbons (Fsp3) is 0.310. The standard InChI is InChI=1S/C29H29N3O3/c1-5-31(6-2)18-16-21-24(23(17-18)34-8-4)29(27-20(28(33)35-29)13-11-15-30-27)25-19-12-9-10-14-22(19)32(7-3)26(21)25/h9-17H,5-8H2,1-4H3. The average Bonchev–Trinajstić information content (AvgIpc) is 3.47. The maximum atomic E-state index is 13.3. The number of esters is 1. The number of anilines is 1. The summed E-state index contributed by atoms with van der Waals surface area (Å²) in [6.07, 6.45) is 1.74. The Bertz CT molecular complexity index is 1480. The largest absolute Gasteiger partial charge is 0.493 e. The van der Waals surface area contributed by atoms with Crippen molar-refractivity contribution in [2.45, 2.75) is 39.8 Å². The van der Waals surface area contributed by atoms with E-state index >= 15 is 0 Å². The highest BCUT2D eigenvalue weighted by Crippen LogP contribution is 2.62. The quantitative estimate of drug-likeness (QED) is 0.338. The third-order valence-electron chi connectivity index (χ3n) is 7.37. The SMILES string of the molecule is CCOc1cc(N(CC)CC)cc2c1C1(OC(=O)c3cccnc31)c1c-2n(CC)c2ccccc12. The highest BCUT2D eigenvalue weighted by Gasteiger charge is 2.59. The molecule has 6 nitrogen and oxygen atoms in total. The molecule has 2 aromatic heterocycles. The lowest BCUT2D eigenvalue weighted by Gasteiger charge is -2.29. The first-order valence-corrected chi connectivity index (χ1v) is 12.5. The first-order valence-electron chi connectivity index (χ1n) is 12.5. The van der Waals surface area contributed by atoms with Gasteiger partial charge >= 0.3 is 5.97 Å². The lowest BCUT2D eigenvalue weighted by Crippen LogP contribution is -2.29. The number of carbonyl (C=O) groups excluding carboxylic acids is 1. The minimum atomic E-state index is -1.15. The Balaban J connectivity index is 1.81. The van der Waals surface area contributed by atoms with Crippen LogP contribution >= 0.6 is 0 Å². The molecular formula is C29H29N3O3. The smallest absolute Gasteiger partial charge is 0.341 e. The molecule has 0 fully saturated rings. The Morgan fingerprint density at radius 3 is 2.54 bits per heavy atom. The van der Waals surface area contributed by atoms with E-state index in [1.165, 1.54) is 0 Å². The maximum Gasteiger partial charge on any atom is 0.341 e. The van der Waals surface area contributed by atoms with Crippen molar-refractivity contribution >= 4 is 22.6 Å². The van der Waals surface area contributed by atoms with Crippen LogP contribution in [0.2, 0.25) is 0 Å². The summed E-state index contributed by atoms with van der Waals surface area (Å²) in [5.41, 5.74) is 6.19. The number of pyridine rings is 1. The van der Waals surface area contributed by atoms with Gasteiger partial charge in [-0.25, -0.2) is 4.79 Å². The number of fused-ring (bicyclic) bond motifs is 9. The van der Waals surface area contributed by atoms with Crippen molar-refractivity contribution in [3.05, 3.63) is 77.1 Å². The summed E-state index contributed by atoms with van der Waals surface area (Å²) in [5.74, 6) is 0.386. The summed E-state index contributed by atoms with van der Waals surface area (Å²) in [7, 11) is 0. The first kappa shape index (κ1) is 21.7. The van der Waals surface area contributed by atoms with Gasteiger partial charge in [-0.1, -0.05) is 18.2 Å². The van der Waals surface area contributed by atoms with Crippen molar-refractivity contribution in [3.8, 4) is 17.0 Å². The predicted octanol–water partition coefficient (Wildman–Crippen LogP) is 5.74. The van der Waals surface area contributed by atoms with Crippen molar-refractivity contribution in [3.63, 3.8) is 0 Å². The molecule has 0 bridgehead atoms. The Morgan fingerprint density at radius 1 is 1.00 bits per heavy atom. The Labute approximate surface area is 205 Å². The second-order valence-electron chi connectivity index (χ2n) is 8.93. The van der Waals surface area contributed by atoms with Crippen LogP contribution in [0, 0.1) is 0 Å². The van der Waals surface area contributed by atoms with Crippen LogP contribution in [-0.4, -0.2) is 35.2 Å². The minimum absolute atomic E-state index is 0.351. The van der Waals surface area contributed by atoms with Gasteiger partial charge in [0.2, 0.25) is 5.60 Å². The van der Waals surface area contributed by atoms with E-state index in [1.54, 1.807) is 18.3 Å². The van der Waals surface area contributed by atoms with Crippen molar-refractivity contribution in [2.75, 3.05) is 24.6 Å². The first-order chi connectivity index (χ1) is 17.1. The fourth-order valence-electron chi connectivity index (χ4n) is 6.02. The molecule has 0 N–H and O–H groups in total. The Hall–Kier alpha value is -3.80. The average molecular weight is 468 g/mol. The number of benzene rings is 2. The highest BCUT2D eigenvalue weighted by atomic mass is 16.6. The molecule has 178 valence electrons. The van der Waals surface area contributed by atoms with Gasteiger partial charge in [0.05, 0.1) is 23.4 Å². The molecule has 2 aromatic carbocycles. The van der Waals surface area contributed by atoms with Gasteiger partial charge in [0.1, 0.15) is 11.4 Å². The van der Waals surface area contributed by atoms with E-state index < -0.39 is 5.60 Å². The van der Waals surface area contributed by atoms with E-state index in [9.17, 15) is 4.79 Å². The zero-order chi connectivity index (χ0) is 24.3. The number of aryl methyl sites for hydroxylation is 1. The van der Waals surface area contributed by atoms with Crippen LogP contribution in [0.5, 0.6) is 5.75 Å². The minimum Gasteiger partial charge on any atom is -0.493 e. The lowest BCUT2D eigenvalue weighted by molar-refractivity contribution is 0.0254. The molecule has 0 amide bonds. The van der Waals surface area contributed by atoms with E-state index in [-0.39, 0.29) is 5.97 Å². The zero-order valence-electron chi connectivity index (χ0n) is 20.6. The molecule has 4 aromatic rings. The summed E-state index contributed by atoms with van der Waals surface area (Å²) >= 11 is 0. The number of hydrogen-bond acceptors (Lipinski definition) is 5. The van der Waals surface area contributed by atoms with Gasteiger partial charge < -0.3 is 18.9 Å². The second-order valence-corrected chi connectivity index (χ2v) is 8.93. The summed E-state index contributed by atoms with van der Waals surface area (Å²) < 4.78 is 15.1. The molecule has 1 aliphatic heterocycles. The van der Waals surface area contributed by atoms with Crippen LogP contribution in [-0.2, 0) is 16.9 Å². The number of rotatable bonds is 6. The van der Waals surface area contributed by atoms with E-state index in [4.69, 9.17) is 14.5 Å². The van der Waals surface area contributed by atoms with Crippen molar-refractivity contribution in [1.29, 1.82) is 0 Å². The molecule has 2 aliphatic rings. The molecule has 1 spiro atoms. The van der Waals surface area contributed by atoms with Gasteiger partial charge in [0.25, 0.3) is 0 Å².